The van der Waals surface area contributed by atoms with Crippen molar-refractivity contribution < 1.29 is 0 Å². The highest BCUT2D eigenvalue weighted by atomic mass is 15.0. The molecule has 0 aliphatic rings. The molecule has 0 bridgehead atoms. The summed E-state index contributed by atoms with van der Waals surface area (Å²) in [5.41, 5.74) is 0.998. The molecule has 1 N–H and O–H groups in total. The molecule has 0 spiro atoms. The van der Waals surface area contributed by atoms with Crippen LogP contribution in [0.25, 0.3) is 0 Å². The minimum absolute atomic E-state index is 0.257. The van der Waals surface area contributed by atoms with E-state index in [1.807, 2.05) is 12.3 Å². The molecule has 0 fully saturated rings. The largest absolute Gasteiger partial charge is 0.306 e. The molecule has 2 atom stereocenters. The van der Waals surface area contributed by atoms with Crippen molar-refractivity contribution in [1.82, 2.24) is 15.3 Å². The van der Waals surface area contributed by atoms with Gasteiger partial charge in [0.2, 0.25) is 0 Å². The lowest BCUT2D eigenvalue weighted by Gasteiger charge is -2.19. The molecule has 0 aliphatic heterocycles. The monoisotopic (exact) mass is 219 g/mol. The second-order valence-electron chi connectivity index (χ2n) is 4.14. The number of nitrogens with one attached hydrogen (secondary N) is 1. The minimum atomic E-state index is 0.257. The van der Waals surface area contributed by atoms with Crippen LogP contribution in [0.15, 0.2) is 31.2 Å². The average molecular weight is 219 g/mol. The van der Waals surface area contributed by atoms with Gasteiger partial charge in [0.25, 0.3) is 0 Å². The molecule has 0 amide bonds. The Balaban J connectivity index is 2.33. The molecule has 2 unspecified atom stereocenters. The summed E-state index contributed by atoms with van der Waals surface area (Å²) in [5.74, 6) is 0. The highest BCUT2D eigenvalue weighted by Crippen LogP contribution is 2.10. The molecule has 3 nitrogen and oxygen atoms in total. The fourth-order valence-corrected chi connectivity index (χ4v) is 1.70. The predicted molar refractivity (Wildman–Crippen MR) is 67.1 cm³/mol. The van der Waals surface area contributed by atoms with Crippen LogP contribution in [0, 0.1) is 0 Å². The summed E-state index contributed by atoms with van der Waals surface area (Å²) in [6, 6.07) is 0.754. The molecule has 0 radical (unpaired) electrons. The van der Waals surface area contributed by atoms with Gasteiger partial charge in [0.15, 0.2) is 0 Å². The quantitative estimate of drug-likeness (QED) is 0.566. The Bertz CT molecular complexity index is 297. The first-order chi connectivity index (χ1) is 7.74. The van der Waals surface area contributed by atoms with Crippen molar-refractivity contribution in [2.75, 3.05) is 0 Å². The van der Waals surface area contributed by atoms with Gasteiger partial charge in [-0.25, -0.2) is 0 Å². The van der Waals surface area contributed by atoms with Gasteiger partial charge in [0.05, 0.1) is 5.69 Å². The SMILES string of the molecule is C=CCCCC(C)NC(C)c1cnccn1. The van der Waals surface area contributed by atoms with Gasteiger partial charge >= 0.3 is 0 Å². The van der Waals surface area contributed by atoms with Gasteiger partial charge in [0, 0.05) is 30.7 Å². The molecule has 16 heavy (non-hydrogen) atoms. The summed E-state index contributed by atoms with van der Waals surface area (Å²) < 4.78 is 0. The summed E-state index contributed by atoms with van der Waals surface area (Å²) in [4.78, 5) is 8.36. The number of unbranched alkanes of at least 4 members (excludes halogenated alkanes) is 1. The summed E-state index contributed by atoms with van der Waals surface area (Å²) in [6.07, 6.45) is 10.7. The van der Waals surface area contributed by atoms with Gasteiger partial charge in [-0.1, -0.05) is 6.08 Å². The van der Waals surface area contributed by atoms with Gasteiger partial charge in [-0.15, -0.1) is 6.58 Å². The van der Waals surface area contributed by atoms with Crippen LogP contribution >= 0.6 is 0 Å². The highest BCUT2D eigenvalue weighted by Gasteiger charge is 2.09. The Kier molecular flexibility index (Phi) is 5.72. The summed E-state index contributed by atoms with van der Waals surface area (Å²) in [5, 5.41) is 3.52. The van der Waals surface area contributed by atoms with Crippen LogP contribution in [0.5, 0.6) is 0 Å². The van der Waals surface area contributed by atoms with Gasteiger partial charge in [-0.05, 0) is 33.1 Å². The van der Waals surface area contributed by atoms with Crippen molar-refractivity contribution in [3.63, 3.8) is 0 Å². The second kappa shape index (κ2) is 7.12. The van der Waals surface area contributed by atoms with Crippen molar-refractivity contribution in [1.29, 1.82) is 0 Å². The van der Waals surface area contributed by atoms with E-state index < -0.39 is 0 Å². The van der Waals surface area contributed by atoms with Crippen LogP contribution in [0.1, 0.15) is 44.8 Å². The average Bonchev–Trinajstić information content (AvgIpc) is 2.30. The third-order valence-corrected chi connectivity index (χ3v) is 2.61. The van der Waals surface area contributed by atoms with Gasteiger partial charge in [-0.2, -0.15) is 0 Å². The van der Waals surface area contributed by atoms with E-state index >= 15 is 0 Å². The van der Waals surface area contributed by atoms with Gasteiger partial charge in [0.1, 0.15) is 0 Å². The molecule has 0 aromatic carbocycles. The van der Waals surface area contributed by atoms with E-state index in [9.17, 15) is 0 Å². The zero-order valence-corrected chi connectivity index (χ0v) is 10.2. The third kappa shape index (κ3) is 4.53. The summed E-state index contributed by atoms with van der Waals surface area (Å²) in [7, 11) is 0. The van der Waals surface area contributed by atoms with Crippen LogP contribution in [-0.2, 0) is 0 Å². The lowest BCUT2D eigenvalue weighted by molar-refractivity contribution is 0.441. The summed E-state index contributed by atoms with van der Waals surface area (Å²) in [6.45, 7) is 8.05. The number of rotatable bonds is 7. The Morgan fingerprint density at radius 1 is 1.44 bits per heavy atom. The van der Waals surface area contributed by atoms with E-state index in [0.29, 0.717) is 6.04 Å². The van der Waals surface area contributed by atoms with Crippen LogP contribution in [-0.4, -0.2) is 16.0 Å². The first-order valence-electron chi connectivity index (χ1n) is 5.87. The lowest BCUT2D eigenvalue weighted by atomic mass is 10.1. The van der Waals surface area contributed by atoms with E-state index in [-0.39, 0.29) is 6.04 Å². The Morgan fingerprint density at radius 3 is 2.88 bits per heavy atom. The van der Waals surface area contributed by atoms with Crippen LogP contribution in [0.3, 0.4) is 0 Å². The van der Waals surface area contributed by atoms with E-state index in [1.165, 1.54) is 6.42 Å². The standard InChI is InChI=1S/C13H21N3/c1-4-5-6-7-11(2)16-12(3)13-10-14-8-9-15-13/h4,8-12,16H,1,5-7H2,2-3H3. The molecule has 0 aliphatic carbocycles. The first-order valence-corrected chi connectivity index (χ1v) is 5.87. The molecule has 0 saturated heterocycles. The van der Waals surface area contributed by atoms with E-state index in [2.05, 4.69) is 35.7 Å². The van der Waals surface area contributed by atoms with Crippen molar-refractivity contribution in [2.24, 2.45) is 0 Å². The Hall–Kier alpha value is -1.22. The van der Waals surface area contributed by atoms with Crippen LogP contribution < -0.4 is 5.32 Å². The van der Waals surface area contributed by atoms with E-state index in [4.69, 9.17) is 0 Å². The Morgan fingerprint density at radius 2 is 2.25 bits per heavy atom. The molecule has 1 rings (SSSR count). The first kappa shape index (κ1) is 12.8. The van der Waals surface area contributed by atoms with Crippen molar-refractivity contribution in [3.8, 4) is 0 Å². The summed E-state index contributed by atoms with van der Waals surface area (Å²) >= 11 is 0. The molecule has 1 heterocycles. The van der Waals surface area contributed by atoms with E-state index in [1.54, 1.807) is 12.4 Å². The zero-order valence-electron chi connectivity index (χ0n) is 10.2. The maximum Gasteiger partial charge on any atom is 0.0753 e. The fourth-order valence-electron chi connectivity index (χ4n) is 1.70. The molecule has 1 aromatic heterocycles. The molecule has 88 valence electrons. The third-order valence-electron chi connectivity index (χ3n) is 2.61. The van der Waals surface area contributed by atoms with E-state index in [0.717, 1.165) is 18.5 Å². The number of hydrogen-bond donors (Lipinski definition) is 1. The van der Waals surface area contributed by atoms with Gasteiger partial charge < -0.3 is 5.32 Å². The predicted octanol–water partition coefficient (Wildman–Crippen LogP) is 2.87. The topological polar surface area (TPSA) is 37.8 Å². The fraction of sp³-hybridized carbons (Fsp3) is 0.538. The van der Waals surface area contributed by atoms with Crippen LogP contribution in [0.4, 0.5) is 0 Å². The zero-order chi connectivity index (χ0) is 11.8. The normalized spacial score (nSPS) is 14.4. The van der Waals surface area contributed by atoms with Crippen molar-refractivity contribution >= 4 is 0 Å². The maximum absolute atomic E-state index is 4.29. The van der Waals surface area contributed by atoms with Gasteiger partial charge in [-0.3, -0.25) is 9.97 Å². The molecule has 3 heteroatoms. The number of nitrogens with zero attached hydrogens (tertiary/aromatic N) is 2. The molecule has 0 saturated carbocycles. The smallest absolute Gasteiger partial charge is 0.0753 e. The highest BCUT2D eigenvalue weighted by molar-refractivity contribution is 5.00. The van der Waals surface area contributed by atoms with Crippen LogP contribution in [0.2, 0.25) is 0 Å². The van der Waals surface area contributed by atoms with Crippen molar-refractivity contribution in [2.45, 2.75) is 45.2 Å². The molecule has 1 aromatic rings. The number of allylic oxidation sites excluding steroid dienone is 1. The van der Waals surface area contributed by atoms with Crippen molar-refractivity contribution in [3.05, 3.63) is 36.9 Å². The molecular formula is C13H21N3. The second-order valence-corrected chi connectivity index (χ2v) is 4.14. The lowest BCUT2D eigenvalue weighted by Crippen LogP contribution is -2.29. The maximum atomic E-state index is 4.29. The minimum Gasteiger partial charge on any atom is -0.306 e. The number of aromatic nitrogens is 2. The molecular weight excluding hydrogens is 198 g/mol. The number of hydrogen-bond acceptors (Lipinski definition) is 3. The Labute approximate surface area is 98.0 Å².